The van der Waals surface area contributed by atoms with Crippen molar-refractivity contribution in [3.63, 3.8) is 0 Å². The molecule has 0 atom stereocenters. The number of aliphatic hydroxyl groups is 1. The van der Waals surface area contributed by atoms with Crippen molar-refractivity contribution >= 4 is 23.7 Å². The van der Waals surface area contributed by atoms with E-state index >= 15 is 0 Å². The van der Waals surface area contributed by atoms with Gasteiger partial charge in [0.15, 0.2) is 11.6 Å². The zero-order chi connectivity index (χ0) is 29.6. The van der Waals surface area contributed by atoms with E-state index in [1.54, 1.807) is 0 Å². The van der Waals surface area contributed by atoms with Crippen LogP contribution in [-0.4, -0.2) is 67.4 Å². The number of carbonyl (C=O) groups excluding carboxylic acids is 3. The molecule has 216 valence electrons. The van der Waals surface area contributed by atoms with E-state index < -0.39 is 48.2 Å². The lowest BCUT2D eigenvalue weighted by Crippen LogP contribution is -2.54. The first-order valence-electron chi connectivity index (χ1n) is 13.2. The topological polar surface area (TPSA) is 135 Å². The maximum atomic E-state index is 14.2. The molecule has 0 saturated heterocycles. The summed E-state index contributed by atoms with van der Waals surface area (Å²) in [6.07, 6.45) is 2.32. The molecule has 1 aliphatic heterocycles. The van der Waals surface area contributed by atoms with Crippen molar-refractivity contribution in [1.29, 1.82) is 5.26 Å². The van der Waals surface area contributed by atoms with Crippen LogP contribution >= 0.6 is 0 Å². The third-order valence-electron chi connectivity index (χ3n) is 7.67. The van der Waals surface area contributed by atoms with E-state index in [-0.39, 0.29) is 30.4 Å². The van der Waals surface area contributed by atoms with Crippen LogP contribution in [0.1, 0.15) is 31.2 Å². The van der Waals surface area contributed by atoms with E-state index in [9.17, 15) is 33.5 Å². The van der Waals surface area contributed by atoms with Gasteiger partial charge in [-0.1, -0.05) is 30.3 Å². The summed E-state index contributed by atoms with van der Waals surface area (Å²) >= 11 is 0. The fourth-order valence-electron chi connectivity index (χ4n) is 5.40. The maximum absolute atomic E-state index is 14.2. The van der Waals surface area contributed by atoms with Gasteiger partial charge in [-0.15, -0.1) is 0 Å². The second-order valence-corrected chi connectivity index (χ2v) is 9.94. The zero-order valence-electron chi connectivity index (χ0n) is 22.5. The monoisotopic (exact) mass is 567 g/mol. The number of nitrogens with one attached hydrogen (secondary N) is 2. The van der Waals surface area contributed by atoms with E-state index in [2.05, 4.69) is 21.4 Å². The molecule has 10 nitrogen and oxygen atoms in total. The van der Waals surface area contributed by atoms with Gasteiger partial charge in [-0.05, 0) is 43.4 Å². The molecule has 3 N–H and O–H groups in total. The summed E-state index contributed by atoms with van der Waals surface area (Å²) in [5, 5.41) is 24.5. The van der Waals surface area contributed by atoms with Crippen LogP contribution in [0, 0.1) is 23.0 Å². The number of amides is 4. The molecule has 12 heteroatoms. The van der Waals surface area contributed by atoms with Gasteiger partial charge in [0.2, 0.25) is 0 Å². The number of hydrogen-bond acceptors (Lipinski definition) is 7. The van der Waals surface area contributed by atoms with Crippen LogP contribution < -0.4 is 15.5 Å². The number of methoxy groups -OCH3 is 1. The summed E-state index contributed by atoms with van der Waals surface area (Å²) in [7, 11) is 1.14. The molecule has 4 amide bonds. The van der Waals surface area contributed by atoms with Crippen LogP contribution in [0.4, 0.5) is 24.1 Å². The van der Waals surface area contributed by atoms with Gasteiger partial charge in [0, 0.05) is 30.9 Å². The van der Waals surface area contributed by atoms with Crippen LogP contribution in [-0.2, 0) is 14.9 Å². The number of rotatable bonds is 8. The Labute approximate surface area is 236 Å². The predicted octanol–water partition coefficient (Wildman–Crippen LogP) is 3.33. The summed E-state index contributed by atoms with van der Waals surface area (Å²) in [5.74, 6) is -2.78. The minimum atomic E-state index is -1.00. The summed E-state index contributed by atoms with van der Waals surface area (Å²) in [4.78, 5) is 40.0. The van der Waals surface area contributed by atoms with Crippen LogP contribution in [0.3, 0.4) is 0 Å². The van der Waals surface area contributed by atoms with E-state index in [1.807, 2.05) is 35.2 Å². The number of anilines is 1. The smallest absolute Gasteiger partial charge is 0.337 e. The predicted molar refractivity (Wildman–Crippen MR) is 144 cm³/mol. The molecule has 2 aliphatic rings. The Hall–Kier alpha value is -4.50. The first kappa shape index (κ1) is 29.5. The molecule has 41 heavy (non-hydrogen) atoms. The molecule has 4 rings (SSSR count). The Balaban J connectivity index is 1.47. The van der Waals surface area contributed by atoms with Crippen molar-refractivity contribution in [1.82, 2.24) is 15.5 Å². The summed E-state index contributed by atoms with van der Waals surface area (Å²) in [6.45, 7) is -0.785. The fraction of sp³-hybridized carbons (Fsp3) is 0.379. The fourth-order valence-corrected chi connectivity index (χ4v) is 5.40. The first-order valence-corrected chi connectivity index (χ1v) is 13.2. The van der Waals surface area contributed by atoms with Crippen LogP contribution in [0.15, 0.2) is 59.8 Å². The highest BCUT2D eigenvalue weighted by atomic mass is 19.2. The lowest BCUT2D eigenvalue weighted by molar-refractivity contribution is -0.136. The minimum absolute atomic E-state index is 0.0321. The molecule has 0 spiro atoms. The highest BCUT2D eigenvalue weighted by Gasteiger charge is 2.39. The van der Waals surface area contributed by atoms with E-state index in [0.29, 0.717) is 31.4 Å². The van der Waals surface area contributed by atoms with Crippen LogP contribution in [0.2, 0.25) is 0 Å². The highest BCUT2D eigenvalue weighted by molar-refractivity contribution is 6.00. The average molecular weight is 568 g/mol. The SMILES string of the molecule is COC(=O)C1=C(CO)NC(=O)N(C(=O)NCCN(c2ccc(F)c(F)c2)C2CCC(C#N)(c3ccccc3)CC2)C1. The third kappa shape index (κ3) is 6.30. The summed E-state index contributed by atoms with van der Waals surface area (Å²) in [5.41, 5.74) is 0.612. The van der Waals surface area contributed by atoms with Crippen LogP contribution in [0.25, 0.3) is 0 Å². The van der Waals surface area contributed by atoms with Gasteiger partial charge < -0.3 is 25.4 Å². The molecule has 0 aromatic heterocycles. The largest absolute Gasteiger partial charge is 0.466 e. The maximum Gasteiger partial charge on any atom is 0.337 e. The molecule has 2 aromatic carbocycles. The molecule has 0 unspecified atom stereocenters. The first-order chi connectivity index (χ1) is 19.7. The lowest BCUT2D eigenvalue weighted by Gasteiger charge is -2.41. The van der Waals surface area contributed by atoms with Gasteiger partial charge >= 0.3 is 18.0 Å². The van der Waals surface area contributed by atoms with Crippen molar-refractivity contribution in [2.45, 2.75) is 37.1 Å². The Bertz CT molecular complexity index is 1370. The van der Waals surface area contributed by atoms with Crippen molar-refractivity contribution in [2.24, 2.45) is 0 Å². The number of imide groups is 1. The molecule has 0 bridgehead atoms. The molecular formula is C29H31F2N5O5. The highest BCUT2D eigenvalue weighted by Crippen LogP contribution is 2.41. The van der Waals surface area contributed by atoms with Gasteiger partial charge in [-0.2, -0.15) is 5.26 Å². The number of hydrogen-bond donors (Lipinski definition) is 3. The molecule has 0 radical (unpaired) electrons. The number of aliphatic hydroxyl groups excluding tert-OH is 1. The van der Waals surface area contributed by atoms with Crippen molar-refractivity contribution in [2.75, 3.05) is 38.3 Å². The van der Waals surface area contributed by atoms with Gasteiger partial charge in [0.1, 0.15) is 0 Å². The number of carbonyl (C=O) groups is 3. The van der Waals surface area contributed by atoms with Crippen molar-refractivity contribution in [3.8, 4) is 6.07 Å². The van der Waals surface area contributed by atoms with Gasteiger partial charge in [0.25, 0.3) is 0 Å². The molecule has 1 aliphatic carbocycles. The van der Waals surface area contributed by atoms with Gasteiger partial charge in [-0.25, -0.2) is 28.1 Å². The third-order valence-corrected chi connectivity index (χ3v) is 7.67. The number of ether oxygens (including phenoxy) is 1. The molecular weight excluding hydrogens is 536 g/mol. The Morgan fingerprint density at radius 1 is 1.20 bits per heavy atom. The number of urea groups is 2. The molecule has 1 heterocycles. The normalized spacial score (nSPS) is 20.6. The number of nitriles is 1. The molecule has 1 fully saturated rings. The summed E-state index contributed by atoms with van der Waals surface area (Å²) in [6, 6.07) is 13.9. The molecule has 2 aromatic rings. The number of halogens is 2. The Kier molecular flexibility index (Phi) is 9.19. The minimum Gasteiger partial charge on any atom is -0.466 e. The molecule has 1 saturated carbocycles. The van der Waals surface area contributed by atoms with E-state index in [1.165, 1.54) is 6.07 Å². The van der Waals surface area contributed by atoms with Gasteiger partial charge in [0.05, 0.1) is 43.0 Å². The van der Waals surface area contributed by atoms with Crippen LogP contribution in [0.5, 0.6) is 0 Å². The lowest BCUT2D eigenvalue weighted by atomic mass is 9.69. The summed E-state index contributed by atoms with van der Waals surface area (Å²) < 4.78 is 32.6. The van der Waals surface area contributed by atoms with Crippen molar-refractivity contribution in [3.05, 3.63) is 77.0 Å². The number of benzene rings is 2. The number of esters is 1. The second-order valence-electron chi connectivity index (χ2n) is 9.94. The van der Waals surface area contributed by atoms with E-state index in [0.717, 1.165) is 29.7 Å². The van der Waals surface area contributed by atoms with Crippen molar-refractivity contribution < 1.29 is 33.0 Å². The average Bonchev–Trinajstić information content (AvgIpc) is 3.00. The number of nitrogens with zero attached hydrogens (tertiary/aromatic N) is 3. The Morgan fingerprint density at radius 3 is 2.51 bits per heavy atom. The van der Waals surface area contributed by atoms with Gasteiger partial charge in [-0.3, -0.25) is 0 Å². The standard InChI is InChI=1S/C29H31F2N5O5/c1-41-26(38)22-16-36(28(40)34-25(22)17-37)27(39)33-13-14-35(21-7-8-23(30)24(31)15-21)20-9-11-29(18-32,12-10-20)19-5-3-2-4-6-19/h2-8,15,20,37H,9-14,16-17H2,1H3,(H,33,39)(H,34,40). The quantitative estimate of drug-likeness (QED) is 0.417. The van der Waals surface area contributed by atoms with E-state index in [4.69, 9.17) is 0 Å². The Morgan fingerprint density at radius 2 is 1.90 bits per heavy atom. The zero-order valence-corrected chi connectivity index (χ0v) is 22.5. The second kappa shape index (κ2) is 12.8.